The number of hydrogen-bond donors (Lipinski definition) is 1. The predicted octanol–water partition coefficient (Wildman–Crippen LogP) is 2.02. The first kappa shape index (κ1) is 9.52. The molecule has 2 N–H and O–H groups in total. The molecule has 2 aromatic carbocycles. The molecule has 0 atom stereocenters. The number of nitrogens with zero attached hydrogens (tertiary/aromatic N) is 1. The fourth-order valence-corrected chi connectivity index (χ4v) is 1.59. The molecule has 0 unspecified atom stereocenters. The van der Waals surface area contributed by atoms with Crippen molar-refractivity contribution in [2.75, 3.05) is 0 Å². The maximum absolute atomic E-state index is 10.6. The number of fused-ring (bicyclic) bond motifs is 1. The van der Waals surface area contributed by atoms with E-state index in [1.807, 2.05) is 42.5 Å². The van der Waals surface area contributed by atoms with Crippen LogP contribution in [0.1, 0.15) is 5.56 Å². The Hall–Kier alpha value is -2.03. The minimum Gasteiger partial charge on any atom is -0.350 e. The van der Waals surface area contributed by atoms with Gasteiger partial charge in [-0.3, -0.25) is 0 Å². The second-order valence-electron chi connectivity index (χ2n) is 3.29. The summed E-state index contributed by atoms with van der Waals surface area (Å²) in [6.45, 7) is 0.344. The van der Waals surface area contributed by atoms with E-state index in [-0.39, 0.29) is 0 Å². The van der Waals surface area contributed by atoms with Gasteiger partial charge in [-0.25, -0.2) is 10.1 Å². The number of nitrogens with two attached hydrogens (primary N) is 1. The van der Waals surface area contributed by atoms with Crippen LogP contribution in [0.15, 0.2) is 42.5 Å². The Bertz CT molecular complexity index is 488. The van der Waals surface area contributed by atoms with Gasteiger partial charge in [0.2, 0.25) is 0 Å². The zero-order chi connectivity index (χ0) is 10.7. The van der Waals surface area contributed by atoms with Gasteiger partial charge in [-0.05, 0) is 16.3 Å². The number of amides is 2. The minimum atomic E-state index is -0.622. The zero-order valence-corrected chi connectivity index (χ0v) is 8.18. The van der Waals surface area contributed by atoms with Crippen LogP contribution in [0.4, 0.5) is 4.79 Å². The van der Waals surface area contributed by atoms with Crippen molar-refractivity contribution in [3.63, 3.8) is 0 Å². The highest BCUT2D eigenvalue weighted by atomic mass is 16.2. The topological polar surface area (TPSA) is 57.2 Å². The van der Waals surface area contributed by atoms with Gasteiger partial charge in [-0.15, -0.1) is 0 Å². The third-order valence-corrected chi connectivity index (χ3v) is 2.29. The molecular formula is C12H11N2O. The summed E-state index contributed by atoms with van der Waals surface area (Å²) in [5.74, 6) is 0. The standard InChI is InChI=1S/C12H11N2O/c13-12(15)14-8-10-6-3-5-9-4-1-2-7-11(9)10/h1-7H,8H2,(H2,13,15). The fraction of sp³-hybridized carbons (Fsp3) is 0.0833. The lowest BCUT2D eigenvalue weighted by atomic mass is 10.0. The van der Waals surface area contributed by atoms with Gasteiger partial charge in [-0.2, -0.15) is 0 Å². The Morgan fingerprint density at radius 3 is 2.67 bits per heavy atom. The van der Waals surface area contributed by atoms with E-state index in [1.54, 1.807) is 0 Å². The lowest BCUT2D eigenvalue weighted by Crippen LogP contribution is -2.21. The van der Waals surface area contributed by atoms with E-state index >= 15 is 0 Å². The summed E-state index contributed by atoms with van der Waals surface area (Å²) >= 11 is 0. The van der Waals surface area contributed by atoms with Gasteiger partial charge in [-0.1, -0.05) is 42.5 Å². The van der Waals surface area contributed by atoms with E-state index in [9.17, 15) is 4.79 Å². The Balaban J connectivity index is 2.38. The maximum atomic E-state index is 10.6. The molecule has 0 saturated heterocycles. The first-order chi connectivity index (χ1) is 7.27. The van der Waals surface area contributed by atoms with Crippen LogP contribution in [0.2, 0.25) is 0 Å². The normalized spacial score (nSPS) is 10.1. The third kappa shape index (κ3) is 2.07. The van der Waals surface area contributed by atoms with Gasteiger partial charge in [0.15, 0.2) is 0 Å². The number of carbonyl (C=O) groups excluding carboxylic acids is 1. The van der Waals surface area contributed by atoms with E-state index in [2.05, 4.69) is 5.32 Å². The van der Waals surface area contributed by atoms with Gasteiger partial charge in [0.1, 0.15) is 0 Å². The molecule has 0 aliphatic heterocycles. The third-order valence-electron chi connectivity index (χ3n) is 2.29. The largest absolute Gasteiger partial charge is 0.350 e. The first-order valence-corrected chi connectivity index (χ1v) is 4.71. The molecule has 0 aliphatic rings. The van der Waals surface area contributed by atoms with Crippen LogP contribution in [-0.4, -0.2) is 6.03 Å². The molecule has 2 amide bonds. The summed E-state index contributed by atoms with van der Waals surface area (Å²) in [4.78, 5) is 10.6. The molecular weight excluding hydrogens is 188 g/mol. The van der Waals surface area contributed by atoms with E-state index in [0.29, 0.717) is 6.54 Å². The SMILES string of the molecule is NC(=O)[N]Cc1cccc2ccccc12. The smallest absolute Gasteiger partial charge is 0.334 e. The van der Waals surface area contributed by atoms with Crippen LogP contribution >= 0.6 is 0 Å². The average molecular weight is 199 g/mol. The molecule has 0 saturated carbocycles. The highest BCUT2D eigenvalue weighted by molar-refractivity contribution is 5.86. The minimum absolute atomic E-state index is 0.344. The van der Waals surface area contributed by atoms with Crippen molar-refractivity contribution in [2.45, 2.75) is 6.54 Å². The van der Waals surface area contributed by atoms with E-state index in [1.165, 1.54) is 0 Å². The maximum Gasteiger partial charge on any atom is 0.334 e. The van der Waals surface area contributed by atoms with E-state index in [0.717, 1.165) is 16.3 Å². The van der Waals surface area contributed by atoms with Crippen molar-refractivity contribution in [3.05, 3.63) is 48.0 Å². The second-order valence-corrected chi connectivity index (χ2v) is 3.29. The van der Waals surface area contributed by atoms with Gasteiger partial charge >= 0.3 is 6.03 Å². The highest BCUT2D eigenvalue weighted by Crippen LogP contribution is 2.18. The van der Waals surface area contributed by atoms with Gasteiger partial charge in [0.05, 0.1) is 6.54 Å². The number of hydrogen-bond acceptors (Lipinski definition) is 1. The summed E-state index contributed by atoms with van der Waals surface area (Å²) in [6.07, 6.45) is 0. The van der Waals surface area contributed by atoms with Crippen molar-refractivity contribution in [1.82, 2.24) is 5.32 Å². The number of benzene rings is 2. The molecule has 0 aliphatic carbocycles. The van der Waals surface area contributed by atoms with Crippen LogP contribution in [0.5, 0.6) is 0 Å². The average Bonchev–Trinajstić information content (AvgIpc) is 2.26. The van der Waals surface area contributed by atoms with Crippen LogP contribution in [0, 0.1) is 0 Å². The summed E-state index contributed by atoms with van der Waals surface area (Å²) in [7, 11) is 0. The molecule has 0 heterocycles. The summed E-state index contributed by atoms with van der Waals surface area (Å²) in [5, 5.41) is 5.95. The van der Waals surface area contributed by atoms with Gasteiger partial charge < -0.3 is 5.73 Å². The molecule has 2 rings (SSSR count). The Labute approximate surface area is 87.9 Å². The highest BCUT2D eigenvalue weighted by Gasteiger charge is 2.01. The molecule has 0 bridgehead atoms. The van der Waals surface area contributed by atoms with Crippen molar-refractivity contribution in [1.29, 1.82) is 0 Å². The van der Waals surface area contributed by atoms with Crippen LogP contribution < -0.4 is 11.1 Å². The molecule has 3 heteroatoms. The molecule has 75 valence electrons. The summed E-state index contributed by atoms with van der Waals surface area (Å²) < 4.78 is 0. The van der Waals surface area contributed by atoms with Crippen LogP contribution in [0.3, 0.4) is 0 Å². The first-order valence-electron chi connectivity index (χ1n) is 4.71. The van der Waals surface area contributed by atoms with Crippen molar-refractivity contribution in [3.8, 4) is 0 Å². The molecule has 0 fully saturated rings. The van der Waals surface area contributed by atoms with E-state index in [4.69, 9.17) is 5.73 Å². The number of primary amides is 1. The molecule has 0 aromatic heterocycles. The molecule has 0 spiro atoms. The quantitative estimate of drug-likeness (QED) is 0.790. The monoisotopic (exact) mass is 199 g/mol. The predicted molar refractivity (Wildman–Crippen MR) is 59.4 cm³/mol. The van der Waals surface area contributed by atoms with Crippen molar-refractivity contribution in [2.24, 2.45) is 5.73 Å². The lowest BCUT2D eigenvalue weighted by Gasteiger charge is -2.04. The summed E-state index contributed by atoms with van der Waals surface area (Å²) in [6, 6.07) is 13.3. The van der Waals surface area contributed by atoms with Crippen molar-refractivity contribution >= 4 is 16.8 Å². The Kier molecular flexibility index (Phi) is 2.54. The molecule has 1 radical (unpaired) electrons. The summed E-state index contributed by atoms with van der Waals surface area (Å²) in [5.41, 5.74) is 6.00. The fourth-order valence-electron chi connectivity index (χ4n) is 1.59. The molecule has 3 nitrogen and oxygen atoms in total. The Morgan fingerprint density at radius 1 is 1.13 bits per heavy atom. The van der Waals surface area contributed by atoms with Gasteiger partial charge in [0.25, 0.3) is 0 Å². The number of urea groups is 1. The molecule has 15 heavy (non-hydrogen) atoms. The van der Waals surface area contributed by atoms with Crippen molar-refractivity contribution < 1.29 is 4.79 Å². The van der Waals surface area contributed by atoms with Crippen LogP contribution in [0.25, 0.3) is 10.8 Å². The molecule has 2 aromatic rings. The number of carbonyl (C=O) groups is 1. The zero-order valence-electron chi connectivity index (χ0n) is 8.18. The van der Waals surface area contributed by atoms with E-state index < -0.39 is 6.03 Å². The lowest BCUT2D eigenvalue weighted by molar-refractivity contribution is 0.248. The second kappa shape index (κ2) is 4.00. The number of rotatable bonds is 2. The Morgan fingerprint density at radius 2 is 1.87 bits per heavy atom. The van der Waals surface area contributed by atoms with Gasteiger partial charge in [0, 0.05) is 0 Å². The van der Waals surface area contributed by atoms with Crippen LogP contribution in [-0.2, 0) is 6.54 Å².